The first-order chi connectivity index (χ1) is 15.4. The summed E-state index contributed by atoms with van der Waals surface area (Å²) in [7, 11) is 0. The molecule has 0 saturated heterocycles. The highest BCUT2D eigenvalue weighted by molar-refractivity contribution is 6.12. The minimum absolute atomic E-state index is 0.190. The summed E-state index contributed by atoms with van der Waals surface area (Å²) >= 11 is 0. The van der Waals surface area contributed by atoms with Crippen molar-refractivity contribution >= 4 is 27.4 Å². The van der Waals surface area contributed by atoms with Gasteiger partial charge in [-0.15, -0.1) is 0 Å². The number of benzene rings is 3. The molecule has 0 aliphatic carbocycles. The molecule has 1 unspecified atom stereocenters. The summed E-state index contributed by atoms with van der Waals surface area (Å²) in [6.45, 7) is 9.67. The van der Waals surface area contributed by atoms with Crippen molar-refractivity contribution in [2.24, 2.45) is 0 Å². The van der Waals surface area contributed by atoms with Crippen molar-refractivity contribution in [2.45, 2.75) is 40.2 Å². The maximum Gasteiger partial charge on any atom is 0.238 e. The molecule has 5 nitrogen and oxygen atoms in total. The molecule has 5 rings (SSSR count). The van der Waals surface area contributed by atoms with Gasteiger partial charge in [-0.05, 0) is 44.9 Å². The lowest BCUT2D eigenvalue weighted by Gasteiger charge is -2.17. The number of hydrogen-bond donors (Lipinski definition) is 0. The number of nitrogens with zero attached hydrogens (tertiary/aromatic N) is 2. The number of para-hydroxylation sites is 1. The zero-order valence-corrected chi connectivity index (χ0v) is 18.8. The SMILES string of the molecule is CCn1c2ccccc2c2c(C)c3c(c(C)c21)C(C(=C[N+](=O)[O-])c1ccc(C)cc1)CO3. The smallest absolute Gasteiger partial charge is 0.238 e. The van der Waals surface area contributed by atoms with E-state index in [0.29, 0.717) is 12.2 Å². The molecule has 0 spiro atoms. The molecule has 2 heterocycles. The van der Waals surface area contributed by atoms with Crippen LogP contribution in [0.2, 0.25) is 0 Å². The molecule has 0 radical (unpaired) electrons. The highest BCUT2D eigenvalue weighted by atomic mass is 16.6. The fourth-order valence-corrected chi connectivity index (χ4v) is 5.34. The zero-order valence-electron chi connectivity index (χ0n) is 18.8. The van der Waals surface area contributed by atoms with Crippen LogP contribution < -0.4 is 4.74 Å². The second kappa shape index (κ2) is 7.52. The third-order valence-corrected chi connectivity index (χ3v) is 6.75. The monoisotopic (exact) mass is 426 g/mol. The van der Waals surface area contributed by atoms with Gasteiger partial charge >= 0.3 is 0 Å². The minimum atomic E-state index is -0.350. The van der Waals surface area contributed by atoms with Crippen LogP contribution in [-0.4, -0.2) is 16.1 Å². The molecule has 1 aliphatic rings. The van der Waals surface area contributed by atoms with Crippen LogP contribution in [0, 0.1) is 30.9 Å². The van der Waals surface area contributed by atoms with E-state index < -0.39 is 0 Å². The van der Waals surface area contributed by atoms with Gasteiger partial charge in [0, 0.05) is 39.5 Å². The maximum absolute atomic E-state index is 11.6. The Morgan fingerprint density at radius 1 is 1.12 bits per heavy atom. The Morgan fingerprint density at radius 2 is 1.84 bits per heavy atom. The van der Waals surface area contributed by atoms with Crippen molar-refractivity contribution in [2.75, 3.05) is 6.61 Å². The van der Waals surface area contributed by atoms with E-state index in [-0.39, 0.29) is 10.8 Å². The van der Waals surface area contributed by atoms with Gasteiger partial charge in [0.25, 0.3) is 0 Å². The van der Waals surface area contributed by atoms with Crippen LogP contribution in [0.3, 0.4) is 0 Å². The van der Waals surface area contributed by atoms with Gasteiger partial charge in [-0.1, -0.05) is 48.0 Å². The van der Waals surface area contributed by atoms with E-state index in [1.807, 2.05) is 31.2 Å². The van der Waals surface area contributed by atoms with Crippen LogP contribution in [0.5, 0.6) is 5.75 Å². The molecule has 3 aromatic carbocycles. The van der Waals surface area contributed by atoms with E-state index in [9.17, 15) is 10.1 Å². The Balaban J connectivity index is 1.81. The molecule has 32 heavy (non-hydrogen) atoms. The molecule has 162 valence electrons. The fourth-order valence-electron chi connectivity index (χ4n) is 5.34. The Labute approximate surface area is 187 Å². The summed E-state index contributed by atoms with van der Waals surface area (Å²) in [5, 5.41) is 14.0. The first-order valence-corrected chi connectivity index (χ1v) is 11.0. The molecule has 1 aliphatic heterocycles. The van der Waals surface area contributed by atoms with E-state index in [1.165, 1.54) is 21.8 Å². The average Bonchev–Trinajstić information content (AvgIpc) is 3.36. The van der Waals surface area contributed by atoms with Crippen LogP contribution in [0.4, 0.5) is 0 Å². The van der Waals surface area contributed by atoms with Crippen LogP contribution in [0.25, 0.3) is 27.4 Å². The van der Waals surface area contributed by atoms with Crippen molar-refractivity contribution in [3.63, 3.8) is 0 Å². The van der Waals surface area contributed by atoms with Crippen LogP contribution in [0.15, 0.2) is 54.7 Å². The van der Waals surface area contributed by atoms with Crippen molar-refractivity contribution < 1.29 is 9.66 Å². The third kappa shape index (κ3) is 2.92. The second-order valence-electron chi connectivity index (χ2n) is 8.58. The molecule has 0 amide bonds. The first kappa shape index (κ1) is 20.3. The lowest BCUT2D eigenvalue weighted by molar-refractivity contribution is -0.401. The average molecular weight is 427 g/mol. The summed E-state index contributed by atoms with van der Waals surface area (Å²) in [6, 6.07) is 16.4. The number of fused-ring (bicyclic) bond motifs is 4. The predicted octanol–water partition coefficient (Wildman–Crippen LogP) is 6.53. The van der Waals surface area contributed by atoms with Gasteiger partial charge in [-0.2, -0.15) is 0 Å². The summed E-state index contributed by atoms with van der Waals surface area (Å²) in [4.78, 5) is 11.2. The van der Waals surface area contributed by atoms with Gasteiger partial charge in [0.05, 0.1) is 23.0 Å². The lowest BCUT2D eigenvalue weighted by atomic mass is 9.84. The van der Waals surface area contributed by atoms with Crippen molar-refractivity contribution in [1.82, 2.24) is 4.57 Å². The fraction of sp³-hybridized carbons (Fsp3) is 0.259. The minimum Gasteiger partial charge on any atom is -0.492 e. The van der Waals surface area contributed by atoms with Gasteiger partial charge in [0.2, 0.25) is 6.20 Å². The van der Waals surface area contributed by atoms with E-state index in [1.54, 1.807) is 0 Å². The summed E-state index contributed by atoms with van der Waals surface area (Å²) in [5.41, 5.74) is 8.40. The molecule has 0 bridgehead atoms. The number of nitro groups is 1. The maximum atomic E-state index is 11.6. The summed E-state index contributed by atoms with van der Waals surface area (Å²) < 4.78 is 8.61. The number of aromatic nitrogens is 1. The topological polar surface area (TPSA) is 57.3 Å². The van der Waals surface area contributed by atoms with E-state index in [2.05, 4.69) is 49.6 Å². The molecule has 0 N–H and O–H groups in total. The molecule has 0 fully saturated rings. The van der Waals surface area contributed by atoms with Gasteiger partial charge in [0.1, 0.15) is 5.75 Å². The lowest BCUT2D eigenvalue weighted by Crippen LogP contribution is -2.07. The molecular weight excluding hydrogens is 400 g/mol. The van der Waals surface area contributed by atoms with Gasteiger partial charge in [0.15, 0.2) is 0 Å². The van der Waals surface area contributed by atoms with Crippen molar-refractivity contribution in [1.29, 1.82) is 0 Å². The first-order valence-electron chi connectivity index (χ1n) is 11.0. The van der Waals surface area contributed by atoms with E-state index in [4.69, 9.17) is 4.74 Å². The van der Waals surface area contributed by atoms with Crippen LogP contribution in [0.1, 0.15) is 40.7 Å². The quantitative estimate of drug-likeness (QED) is 0.275. The largest absolute Gasteiger partial charge is 0.492 e. The van der Waals surface area contributed by atoms with E-state index >= 15 is 0 Å². The zero-order chi connectivity index (χ0) is 22.6. The van der Waals surface area contributed by atoms with Crippen molar-refractivity contribution in [3.05, 3.63) is 92.7 Å². The third-order valence-electron chi connectivity index (χ3n) is 6.75. The highest BCUT2D eigenvalue weighted by Gasteiger charge is 2.35. The van der Waals surface area contributed by atoms with E-state index in [0.717, 1.165) is 46.3 Å². The van der Waals surface area contributed by atoms with Crippen molar-refractivity contribution in [3.8, 4) is 5.75 Å². The molecule has 0 saturated carbocycles. The van der Waals surface area contributed by atoms with Gasteiger partial charge < -0.3 is 9.30 Å². The molecule has 1 atom stereocenters. The summed E-state index contributed by atoms with van der Waals surface area (Å²) in [5.74, 6) is 0.685. The number of rotatable bonds is 4. The number of hydrogen-bond acceptors (Lipinski definition) is 3. The normalized spacial score (nSPS) is 15.9. The summed E-state index contributed by atoms with van der Waals surface area (Å²) in [6.07, 6.45) is 1.15. The number of ether oxygens (including phenoxy) is 1. The van der Waals surface area contributed by atoms with Gasteiger partial charge in [-0.3, -0.25) is 10.1 Å². The molecule has 1 aromatic heterocycles. The molecular formula is C27H26N2O3. The van der Waals surface area contributed by atoms with Crippen LogP contribution >= 0.6 is 0 Å². The Kier molecular flexibility index (Phi) is 4.77. The van der Waals surface area contributed by atoms with Crippen LogP contribution in [-0.2, 0) is 6.54 Å². The predicted molar refractivity (Wildman–Crippen MR) is 129 cm³/mol. The highest BCUT2D eigenvalue weighted by Crippen LogP contribution is 2.50. The van der Waals surface area contributed by atoms with Gasteiger partial charge in [-0.25, -0.2) is 0 Å². The molecule has 5 heteroatoms. The second-order valence-corrected chi connectivity index (χ2v) is 8.58. The Hall–Kier alpha value is -3.60. The Bertz CT molecular complexity index is 1410. The molecule has 4 aromatic rings. The Morgan fingerprint density at radius 3 is 2.53 bits per heavy atom. The standard InChI is InChI=1S/C27H26N2O3/c1-5-28-23-9-7-6-8-20(23)24-18(4)27-25(17(3)26(24)28)22(15-32-27)21(14-29(30)31)19-12-10-16(2)11-13-19/h6-14,22H,5,15H2,1-4H3. The number of aryl methyl sites for hydroxylation is 4.